The zero-order valence-electron chi connectivity index (χ0n) is 20.2. The quantitative estimate of drug-likeness (QED) is 0.434. The lowest BCUT2D eigenvalue weighted by atomic mass is 10.0. The second kappa shape index (κ2) is 9.33. The number of carbonyl (C=O) groups is 1. The Hall–Kier alpha value is -4.00. The minimum Gasteiger partial charge on any atom is -0.383 e. The number of nitrogen functional groups attached to an aromatic ring is 1. The molecule has 7 heteroatoms. The highest BCUT2D eigenvalue weighted by Crippen LogP contribution is 2.32. The van der Waals surface area contributed by atoms with Gasteiger partial charge in [-0.1, -0.05) is 12.1 Å². The molecule has 0 saturated carbocycles. The normalized spacial score (nSPS) is 14.9. The summed E-state index contributed by atoms with van der Waals surface area (Å²) in [7, 11) is 0. The lowest BCUT2D eigenvalue weighted by molar-refractivity contribution is 0.0950. The molecule has 1 aliphatic heterocycles. The highest BCUT2D eigenvalue weighted by molar-refractivity contribution is 5.94. The first kappa shape index (κ1) is 22.8. The maximum Gasteiger partial charge on any atom is 0.253 e. The molecule has 0 atom stereocenters. The van der Waals surface area contributed by atoms with Gasteiger partial charge in [-0.2, -0.15) is 0 Å². The van der Waals surface area contributed by atoms with Gasteiger partial charge in [0.25, 0.3) is 5.91 Å². The molecule has 35 heavy (non-hydrogen) atoms. The summed E-state index contributed by atoms with van der Waals surface area (Å²) in [4.78, 5) is 28.3. The van der Waals surface area contributed by atoms with Crippen molar-refractivity contribution in [2.45, 2.75) is 45.2 Å². The fourth-order valence-corrected chi connectivity index (χ4v) is 4.84. The molecule has 4 heterocycles. The van der Waals surface area contributed by atoms with Gasteiger partial charge in [-0.3, -0.25) is 9.78 Å². The zero-order chi connectivity index (χ0) is 24.4. The Morgan fingerprint density at radius 2 is 1.89 bits per heavy atom. The minimum atomic E-state index is -0.150. The summed E-state index contributed by atoms with van der Waals surface area (Å²) >= 11 is 0. The van der Waals surface area contributed by atoms with E-state index in [9.17, 15) is 4.79 Å². The molecule has 178 valence electrons. The van der Waals surface area contributed by atoms with E-state index in [1.165, 1.54) is 12.8 Å². The number of nitrogens with two attached hydrogens (primary N) is 1. The average molecular weight is 467 g/mol. The molecule has 1 aliphatic rings. The number of hydrogen-bond donors (Lipinski definition) is 2. The molecule has 1 amide bonds. The van der Waals surface area contributed by atoms with Crippen LogP contribution in [-0.2, 0) is 13.0 Å². The zero-order valence-corrected chi connectivity index (χ0v) is 20.2. The summed E-state index contributed by atoms with van der Waals surface area (Å²) < 4.78 is 0. The molecule has 1 saturated heterocycles. The van der Waals surface area contributed by atoms with Gasteiger partial charge in [0.05, 0.1) is 5.56 Å². The van der Waals surface area contributed by atoms with Gasteiger partial charge < -0.3 is 16.0 Å². The Morgan fingerprint density at radius 1 is 1.03 bits per heavy atom. The van der Waals surface area contributed by atoms with Gasteiger partial charge in [0, 0.05) is 48.8 Å². The Kier molecular flexibility index (Phi) is 6.07. The summed E-state index contributed by atoms with van der Waals surface area (Å²) in [6.45, 7) is 5.98. The number of nitrogens with zero attached hydrogens (tertiary/aromatic N) is 4. The van der Waals surface area contributed by atoms with Crippen LogP contribution in [0, 0.1) is 0 Å². The molecule has 1 fully saturated rings. The van der Waals surface area contributed by atoms with Gasteiger partial charge >= 0.3 is 0 Å². The lowest BCUT2D eigenvalue weighted by Crippen LogP contribution is -2.38. The smallest absolute Gasteiger partial charge is 0.253 e. The van der Waals surface area contributed by atoms with Crippen LogP contribution in [-0.4, -0.2) is 32.9 Å². The molecule has 0 spiro atoms. The standard InChI is InChI=1S/C28H30N6O/c1-28(2)8-3-11-34(28)25-15-19(6-9-31-25)12-21-14-23(18-30-16-21)27(35)33-17-20-4-5-24-22(13-20)7-10-32-26(24)29/h4-7,9-10,13-16,18H,3,8,11-12,17H2,1-2H3,(H2,29,32)(H,33,35). The minimum absolute atomic E-state index is 0.125. The van der Waals surface area contributed by atoms with E-state index >= 15 is 0 Å². The Morgan fingerprint density at radius 3 is 2.71 bits per heavy atom. The Labute approximate surface area is 205 Å². The number of carbonyl (C=O) groups excluding carboxylic acids is 1. The van der Waals surface area contributed by atoms with E-state index in [-0.39, 0.29) is 11.4 Å². The van der Waals surface area contributed by atoms with Crippen molar-refractivity contribution in [3.8, 4) is 0 Å². The van der Waals surface area contributed by atoms with Crippen molar-refractivity contribution in [3.63, 3.8) is 0 Å². The topological polar surface area (TPSA) is 97.0 Å². The second-order valence-corrected chi connectivity index (χ2v) is 9.78. The number of benzene rings is 1. The highest BCUT2D eigenvalue weighted by atomic mass is 16.1. The molecule has 3 aromatic heterocycles. The van der Waals surface area contributed by atoms with E-state index in [1.807, 2.05) is 48.8 Å². The Balaban J connectivity index is 1.26. The van der Waals surface area contributed by atoms with Crippen LogP contribution in [0.1, 0.15) is 53.7 Å². The van der Waals surface area contributed by atoms with Crippen molar-refractivity contribution in [2.75, 3.05) is 17.2 Å². The van der Waals surface area contributed by atoms with E-state index < -0.39 is 0 Å². The number of rotatable bonds is 6. The lowest BCUT2D eigenvalue weighted by Gasteiger charge is -2.32. The maximum absolute atomic E-state index is 12.8. The third kappa shape index (κ3) is 4.94. The molecular weight excluding hydrogens is 436 g/mol. The number of pyridine rings is 3. The van der Waals surface area contributed by atoms with E-state index in [2.05, 4.69) is 45.1 Å². The van der Waals surface area contributed by atoms with Crippen LogP contribution in [0.25, 0.3) is 10.8 Å². The first-order valence-corrected chi connectivity index (χ1v) is 12.0. The second-order valence-electron chi connectivity index (χ2n) is 9.78. The molecule has 0 radical (unpaired) electrons. The van der Waals surface area contributed by atoms with Gasteiger partial charge in [-0.15, -0.1) is 0 Å². The summed E-state index contributed by atoms with van der Waals surface area (Å²) in [6.07, 6.45) is 10.0. The van der Waals surface area contributed by atoms with Crippen molar-refractivity contribution >= 4 is 28.3 Å². The highest BCUT2D eigenvalue weighted by Gasteiger charge is 2.32. The number of anilines is 2. The van der Waals surface area contributed by atoms with Crippen LogP contribution in [0.5, 0.6) is 0 Å². The monoisotopic (exact) mass is 466 g/mol. The maximum atomic E-state index is 12.8. The number of aromatic nitrogens is 3. The molecule has 1 aromatic carbocycles. The average Bonchev–Trinajstić information content (AvgIpc) is 3.22. The number of hydrogen-bond acceptors (Lipinski definition) is 6. The van der Waals surface area contributed by atoms with Gasteiger partial charge in [0.15, 0.2) is 0 Å². The molecule has 4 aromatic rings. The summed E-state index contributed by atoms with van der Waals surface area (Å²) in [5.41, 5.74) is 9.74. The summed E-state index contributed by atoms with van der Waals surface area (Å²) in [6, 6.07) is 13.9. The number of fused-ring (bicyclic) bond motifs is 1. The van der Waals surface area contributed by atoms with Gasteiger partial charge in [0.1, 0.15) is 11.6 Å². The first-order valence-electron chi connectivity index (χ1n) is 12.0. The van der Waals surface area contributed by atoms with Crippen molar-refractivity contribution in [2.24, 2.45) is 0 Å². The molecule has 7 nitrogen and oxygen atoms in total. The van der Waals surface area contributed by atoms with Crippen LogP contribution in [0.4, 0.5) is 11.6 Å². The predicted molar refractivity (Wildman–Crippen MR) is 139 cm³/mol. The molecule has 0 aliphatic carbocycles. The SMILES string of the molecule is CC1(C)CCCN1c1cc(Cc2cncc(C(=O)NCc3ccc4c(N)nccc4c3)c2)ccn1. The molecular formula is C28H30N6O. The third-order valence-electron chi connectivity index (χ3n) is 6.77. The van der Waals surface area contributed by atoms with Crippen molar-refractivity contribution in [1.82, 2.24) is 20.3 Å². The van der Waals surface area contributed by atoms with Crippen LogP contribution in [0.3, 0.4) is 0 Å². The van der Waals surface area contributed by atoms with Gasteiger partial charge in [0.2, 0.25) is 0 Å². The summed E-state index contributed by atoms with van der Waals surface area (Å²) in [5, 5.41) is 4.91. The predicted octanol–water partition coefficient (Wildman–Crippen LogP) is 4.51. The van der Waals surface area contributed by atoms with Crippen LogP contribution in [0.15, 0.2) is 67.3 Å². The largest absolute Gasteiger partial charge is 0.383 e. The summed E-state index contributed by atoms with van der Waals surface area (Å²) in [5.74, 6) is 1.37. The number of nitrogens with one attached hydrogen (secondary N) is 1. The molecule has 3 N–H and O–H groups in total. The van der Waals surface area contributed by atoms with Crippen molar-refractivity contribution < 1.29 is 4.79 Å². The van der Waals surface area contributed by atoms with E-state index in [0.717, 1.165) is 39.8 Å². The van der Waals surface area contributed by atoms with Crippen LogP contribution < -0.4 is 16.0 Å². The van der Waals surface area contributed by atoms with E-state index in [4.69, 9.17) is 5.73 Å². The molecule has 0 unspecified atom stereocenters. The first-order chi connectivity index (χ1) is 16.9. The number of amides is 1. The van der Waals surface area contributed by atoms with Crippen molar-refractivity contribution in [1.29, 1.82) is 0 Å². The third-order valence-corrected chi connectivity index (χ3v) is 6.77. The van der Waals surface area contributed by atoms with Gasteiger partial charge in [-0.25, -0.2) is 9.97 Å². The van der Waals surface area contributed by atoms with Crippen molar-refractivity contribution in [3.05, 3.63) is 89.5 Å². The van der Waals surface area contributed by atoms with Crippen LogP contribution >= 0.6 is 0 Å². The van der Waals surface area contributed by atoms with Gasteiger partial charge in [-0.05, 0) is 85.5 Å². The Bertz CT molecular complexity index is 1380. The van der Waals surface area contributed by atoms with Crippen LogP contribution in [0.2, 0.25) is 0 Å². The van der Waals surface area contributed by atoms with E-state index in [0.29, 0.717) is 24.3 Å². The molecule has 5 rings (SSSR count). The molecule has 0 bridgehead atoms. The fourth-order valence-electron chi connectivity index (χ4n) is 4.84. The van der Waals surface area contributed by atoms with E-state index in [1.54, 1.807) is 12.4 Å². The fraction of sp³-hybridized carbons (Fsp3) is 0.286.